The largest absolute Gasteiger partial charge is 0.336 e. The lowest BCUT2D eigenvalue weighted by molar-refractivity contribution is -0.401. The van der Waals surface area contributed by atoms with E-state index in [1.54, 1.807) is 6.92 Å². The summed E-state index contributed by atoms with van der Waals surface area (Å²) < 4.78 is 22.8. The molecule has 0 aliphatic rings. The summed E-state index contributed by atoms with van der Waals surface area (Å²) in [6.45, 7) is 13.6. The van der Waals surface area contributed by atoms with E-state index in [1.165, 1.54) is 19.1 Å². The van der Waals surface area contributed by atoms with Crippen LogP contribution in [-0.4, -0.2) is 50.1 Å². The van der Waals surface area contributed by atoms with Gasteiger partial charge in [0.25, 0.3) is 17.7 Å². The van der Waals surface area contributed by atoms with Gasteiger partial charge < -0.3 is 18.9 Å². The zero-order chi connectivity index (χ0) is 17.4. The van der Waals surface area contributed by atoms with Crippen molar-refractivity contribution in [3.63, 3.8) is 0 Å². The van der Waals surface area contributed by atoms with Gasteiger partial charge in [-0.2, -0.15) is 0 Å². The predicted octanol–water partition coefficient (Wildman–Crippen LogP) is 2.88. The molecule has 1 amide bonds. The number of ether oxygens (including phenoxy) is 4. The highest BCUT2D eigenvalue weighted by atomic mass is 16.8. The second-order valence-corrected chi connectivity index (χ2v) is 4.83. The van der Waals surface area contributed by atoms with E-state index in [0.717, 1.165) is 0 Å². The smallest absolute Gasteiger partial charge is 0.257 e. The summed E-state index contributed by atoms with van der Waals surface area (Å²) in [4.78, 5) is 14.2. The Hall–Kier alpha value is -0.950. The summed E-state index contributed by atoms with van der Waals surface area (Å²) >= 11 is 0. The lowest BCUT2D eigenvalue weighted by atomic mass is 10.1. The molecule has 6 heteroatoms. The molecule has 2 atom stereocenters. The summed E-state index contributed by atoms with van der Waals surface area (Å²) in [5.41, 5.74) is 0.351. The van der Waals surface area contributed by atoms with Gasteiger partial charge in [-0.05, 0) is 20.8 Å². The van der Waals surface area contributed by atoms with Gasteiger partial charge in [-0.15, -0.1) is 0 Å². The molecule has 2 unspecified atom stereocenters. The van der Waals surface area contributed by atoms with E-state index in [0.29, 0.717) is 31.6 Å². The number of rotatable bonds is 11. The molecule has 0 fully saturated rings. The quantitative estimate of drug-likeness (QED) is 0.433. The van der Waals surface area contributed by atoms with Crippen LogP contribution in [-0.2, 0) is 23.7 Å². The summed E-state index contributed by atoms with van der Waals surface area (Å²) in [6, 6.07) is 0. The van der Waals surface area contributed by atoms with Crippen LogP contribution in [0, 0.1) is 0 Å². The Morgan fingerprint density at radius 2 is 1.32 bits per heavy atom. The van der Waals surface area contributed by atoms with Crippen molar-refractivity contribution in [3.8, 4) is 0 Å². The first-order valence-corrected chi connectivity index (χ1v) is 7.72. The summed E-state index contributed by atoms with van der Waals surface area (Å²) in [5, 5.41) is 0. The summed E-state index contributed by atoms with van der Waals surface area (Å²) in [6.07, 6.45) is 0.823. The molecule has 6 nitrogen and oxygen atoms in total. The number of nitrogens with zero attached hydrogens (tertiary/aromatic N) is 1. The van der Waals surface area contributed by atoms with Crippen LogP contribution in [0.3, 0.4) is 0 Å². The fraction of sp³-hybridized carbons (Fsp3) is 0.812. The van der Waals surface area contributed by atoms with Crippen molar-refractivity contribution in [1.29, 1.82) is 0 Å². The average molecular weight is 317 g/mol. The fourth-order valence-electron chi connectivity index (χ4n) is 2.45. The maximum atomic E-state index is 12.8. The Balaban J connectivity index is 6.20. The van der Waals surface area contributed by atoms with Gasteiger partial charge in [0.1, 0.15) is 0 Å². The fourth-order valence-corrected chi connectivity index (χ4v) is 2.45. The third-order valence-corrected chi connectivity index (χ3v) is 3.52. The second-order valence-electron chi connectivity index (χ2n) is 4.83. The van der Waals surface area contributed by atoms with E-state index in [1.807, 2.05) is 27.7 Å². The molecule has 22 heavy (non-hydrogen) atoms. The zero-order valence-corrected chi connectivity index (χ0v) is 15.0. The third-order valence-electron chi connectivity index (χ3n) is 3.52. The Bertz CT molecular complexity index is 340. The molecular formula is C16H31NO5. The highest BCUT2D eigenvalue weighted by Gasteiger charge is 2.52. The van der Waals surface area contributed by atoms with Gasteiger partial charge in [0.05, 0.1) is 0 Å². The normalized spacial score (nSPS) is 16.7. The van der Waals surface area contributed by atoms with E-state index in [4.69, 9.17) is 18.9 Å². The zero-order valence-electron chi connectivity index (χ0n) is 15.0. The van der Waals surface area contributed by atoms with Crippen LogP contribution in [0.1, 0.15) is 47.5 Å². The summed E-state index contributed by atoms with van der Waals surface area (Å²) in [7, 11) is 3.00. The van der Waals surface area contributed by atoms with Gasteiger partial charge in [-0.3, -0.25) is 4.79 Å². The molecule has 0 aromatic heterocycles. The number of methoxy groups -OCH3 is 2. The van der Waals surface area contributed by atoms with Crippen LogP contribution in [0.4, 0.5) is 0 Å². The number of carbonyl (C=O) groups excluding carboxylic acids is 1. The number of amides is 1. The minimum Gasteiger partial charge on any atom is -0.336 e. The minimum absolute atomic E-state index is 0.339. The van der Waals surface area contributed by atoms with Crippen LogP contribution >= 0.6 is 0 Å². The highest BCUT2D eigenvalue weighted by Crippen LogP contribution is 2.35. The molecule has 0 heterocycles. The monoisotopic (exact) mass is 317 g/mol. The SMILES string of the molecule is C=C(C)C(=O)N(C(CC)(OC)OCC)C(CC)(OC)OCC. The molecule has 0 saturated heterocycles. The van der Waals surface area contributed by atoms with Crippen LogP contribution in [0.5, 0.6) is 0 Å². The second kappa shape index (κ2) is 9.25. The maximum absolute atomic E-state index is 12.8. The molecule has 0 bridgehead atoms. The molecule has 0 radical (unpaired) electrons. The maximum Gasteiger partial charge on any atom is 0.257 e. The molecule has 130 valence electrons. The van der Waals surface area contributed by atoms with Gasteiger partial charge in [0.2, 0.25) is 0 Å². The molecule has 0 aliphatic carbocycles. The van der Waals surface area contributed by atoms with E-state index >= 15 is 0 Å². The Morgan fingerprint density at radius 1 is 0.955 bits per heavy atom. The Labute approximate surface area is 134 Å². The average Bonchev–Trinajstić information content (AvgIpc) is 2.52. The van der Waals surface area contributed by atoms with Crippen molar-refractivity contribution in [1.82, 2.24) is 4.90 Å². The lowest BCUT2D eigenvalue weighted by Gasteiger charge is -2.50. The van der Waals surface area contributed by atoms with Gasteiger partial charge >= 0.3 is 0 Å². The van der Waals surface area contributed by atoms with Crippen molar-refractivity contribution < 1.29 is 23.7 Å². The number of hydrogen-bond donors (Lipinski definition) is 0. The predicted molar refractivity (Wildman–Crippen MR) is 85.0 cm³/mol. The van der Waals surface area contributed by atoms with E-state index in [2.05, 4.69) is 6.58 Å². The highest BCUT2D eigenvalue weighted by molar-refractivity contribution is 5.92. The van der Waals surface area contributed by atoms with E-state index < -0.39 is 11.8 Å². The molecule has 0 N–H and O–H groups in total. The van der Waals surface area contributed by atoms with Gasteiger partial charge in [-0.1, -0.05) is 20.4 Å². The Morgan fingerprint density at radius 3 is 1.50 bits per heavy atom. The molecule has 0 aliphatic heterocycles. The molecule has 0 rings (SSSR count). The molecule has 0 aromatic carbocycles. The van der Waals surface area contributed by atoms with Crippen LogP contribution in [0.2, 0.25) is 0 Å². The van der Waals surface area contributed by atoms with Gasteiger partial charge in [0, 0.05) is 45.8 Å². The number of carbonyl (C=O) groups is 1. The molecule has 0 spiro atoms. The van der Waals surface area contributed by atoms with Crippen molar-refractivity contribution in [3.05, 3.63) is 12.2 Å². The Kier molecular flexibility index (Phi) is 8.85. The molecular weight excluding hydrogens is 286 g/mol. The first-order valence-electron chi connectivity index (χ1n) is 7.72. The number of hydrogen-bond acceptors (Lipinski definition) is 5. The van der Waals surface area contributed by atoms with E-state index in [9.17, 15) is 4.79 Å². The topological polar surface area (TPSA) is 57.2 Å². The van der Waals surface area contributed by atoms with Crippen molar-refractivity contribution in [2.75, 3.05) is 27.4 Å². The molecule has 0 saturated carbocycles. The first kappa shape index (κ1) is 21.0. The summed E-state index contributed by atoms with van der Waals surface area (Å²) in [5.74, 6) is -2.91. The van der Waals surface area contributed by atoms with Gasteiger partial charge in [0.15, 0.2) is 0 Å². The van der Waals surface area contributed by atoms with Crippen LogP contribution in [0.25, 0.3) is 0 Å². The van der Waals surface area contributed by atoms with E-state index in [-0.39, 0.29) is 5.91 Å². The third kappa shape index (κ3) is 4.07. The van der Waals surface area contributed by atoms with Crippen molar-refractivity contribution >= 4 is 5.91 Å². The first-order chi connectivity index (χ1) is 10.3. The lowest BCUT2D eigenvalue weighted by Crippen LogP contribution is -2.66. The standard InChI is InChI=1S/C16H31NO5/c1-9-15(19-7,21-11-3)17(14(18)13(5)6)16(10-2,20-8)22-12-4/h5,9-12H2,1-4,6-8H3. The molecule has 0 aromatic rings. The van der Waals surface area contributed by atoms with Crippen LogP contribution < -0.4 is 0 Å². The van der Waals surface area contributed by atoms with Gasteiger partial charge in [-0.25, -0.2) is 4.90 Å². The minimum atomic E-state index is -1.29. The van der Waals surface area contributed by atoms with Crippen molar-refractivity contribution in [2.45, 2.75) is 59.3 Å². The van der Waals surface area contributed by atoms with Crippen molar-refractivity contribution in [2.24, 2.45) is 0 Å². The van der Waals surface area contributed by atoms with Crippen LogP contribution in [0.15, 0.2) is 12.2 Å².